The molecule has 0 rings (SSSR count). The maximum atomic E-state index is 10.6. The van der Waals surface area contributed by atoms with E-state index in [1.807, 2.05) is 0 Å². The minimum Gasteiger partial charge on any atom is -0.299 e. The standard InChI is InChI=1S/CHF3O2S.H4N2/c2-1(3,4)7(5)6;1-2/h(H,5,6);1-2H2. The van der Waals surface area contributed by atoms with E-state index in [9.17, 15) is 13.2 Å². The normalized spacial score (nSPS) is 13.6. The summed E-state index contributed by atoms with van der Waals surface area (Å²) in [5, 5.41) is 0. The number of nitrogens with two attached hydrogens (primary N) is 2. The maximum Gasteiger partial charge on any atom is 0.496 e. The first-order valence-electron chi connectivity index (χ1n) is 1.45. The minimum atomic E-state index is -4.97. The third kappa shape index (κ3) is 7.82. The number of hydrogen-bond donors (Lipinski definition) is 3. The molecule has 0 aliphatic rings. The Morgan fingerprint density at radius 2 is 1.44 bits per heavy atom. The summed E-state index contributed by atoms with van der Waals surface area (Å²) in [4.78, 5) is 0. The lowest BCUT2D eigenvalue weighted by Crippen LogP contribution is -2.14. The summed E-state index contributed by atoms with van der Waals surface area (Å²) in [6.07, 6.45) is 0. The summed E-state index contributed by atoms with van der Waals surface area (Å²) in [5.41, 5.74) is -4.97. The molecule has 0 spiro atoms. The van der Waals surface area contributed by atoms with E-state index in [2.05, 4.69) is 11.7 Å². The Kier molecular flexibility index (Phi) is 6.02. The maximum absolute atomic E-state index is 10.6. The van der Waals surface area contributed by atoms with Crippen LogP contribution in [0.3, 0.4) is 0 Å². The molecule has 58 valence electrons. The Hall–Kier alpha value is -0.180. The van der Waals surface area contributed by atoms with E-state index in [-0.39, 0.29) is 0 Å². The van der Waals surface area contributed by atoms with Crippen molar-refractivity contribution in [3.63, 3.8) is 0 Å². The van der Waals surface area contributed by atoms with Gasteiger partial charge in [0, 0.05) is 0 Å². The van der Waals surface area contributed by atoms with Crippen LogP contribution in [0.25, 0.3) is 0 Å². The van der Waals surface area contributed by atoms with E-state index in [4.69, 9.17) is 8.76 Å². The molecule has 0 aromatic carbocycles. The molecule has 0 amide bonds. The molecule has 0 aliphatic carbocycles. The molecule has 0 saturated heterocycles. The first-order chi connectivity index (χ1) is 3.94. The second-order valence-electron chi connectivity index (χ2n) is 0.695. The van der Waals surface area contributed by atoms with Gasteiger partial charge in [0.25, 0.3) is 11.1 Å². The van der Waals surface area contributed by atoms with E-state index < -0.39 is 16.6 Å². The quantitative estimate of drug-likeness (QED) is 0.258. The fourth-order valence-corrected chi connectivity index (χ4v) is 0. The van der Waals surface area contributed by atoms with Crippen molar-refractivity contribution in [1.82, 2.24) is 0 Å². The lowest BCUT2D eigenvalue weighted by atomic mass is 11.6. The van der Waals surface area contributed by atoms with Gasteiger partial charge in [0.05, 0.1) is 0 Å². The number of hydrogen-bond acceptors (Lipinski definition) is 3. The van der Waals surface area contributed by atoms with E-state index >= 15 is 0 Å². The van der Waals surface area contributed by atoms with E-state index in [1.165, 1.54) is 0 Å². The molecule has 0 aliphatic heterocycles. The van der Waals surface area contributed by atoms with Crippen molar-refractivity contribution in [2.75, 3.05) is 0 Å². The number of alkyl halides is 3. The van der Waals surface area contributed by atoms with Crippen molar-refractivity contribution in [3.8, 4) is 0 Å². The second kappa shape index (κ2) is 4.68. The third-order valence-electron chi connectivity index (χ3n) is 0.198. The second-order valence-corrected chi connectivity index (χ2v) is 1.66. The van der Waals surface area contributed by atoms with Crippen molar-refractivity contribution in [3.05, 3.63) is 0 Å². The Balaban J connectivity index is 0. The molecule has 5 N–H and O–H groups in total. The topological polar surface area (TPSA) is 89.3 Å². The summed E-state index contributed by atoms with van der Waals surface area (Å²) < 4.78 is 48.1. The van der Waals surface area contributed by atoms with Crippen molar-refractivity contribution in [2.45, 2.75) is 5.51 Å². The Morgan fingerprint density at radius 1 is 1.33 bits per heavy atom. The van der Waals surface area contributed by atoms with Crippen LogP contribution in [0.1, 0.15) is 0 Å². The molecule has 4 nitrogen and oxygen atoms in total. The van der Waals surface area contributed by atoms with Crippen molar-refractivity contribution < 1.29 is 21.9 Å². The first-order valence-corrected chi connectivity index (χ1v) is 2.56. The summed E-state index contributed by atoms with van der Waals surface area (Å²) in [6, 6.07) is 0. The fourth-order valence-electron chi connectivity index (χ4n) is 0. The molecule has 0 heterocycles. The van der Waals surface area contributed by atoms with Gasteiger partial charge in [0.15, 0.2) is 0 Å². The molecular formula is CH5F3N2O2S. The Labute approximate surface area is 51.3 Å². The van der Waals surface area contributed by atoms with Gasteiger partial charge in [-0.05, 0) is 0 Å². The van der Waals surface area contributed by atoms with Crippen LogP contribution in [0.15, 0.2) is 0 Å². The highest BCUT2D eigenvalue weighted by Crippen LogP contribution is 2.16. The lowest BCUT2D eigenvalue weighted by molar-refractivity contribution is -0.0446. The van der Waals surface area contributed by atoms with E-state index in [0.29, 0.717) is 0 Å². The van der Waals surface area contributed by atoms with Crippen LogP contribution in [0, 0.1) is 0 Å². The molecule has 1 atom stereocenters. The largest absolute Gasteiger partial charge is 0.496 e. The van der Waals surface area contributed by atoms with Crippen LogP contribution in [0.2, 0.25) is 0 Å². The van der Waals surface area contributed by atoms with Crippen LogP contribution in [0.5, 0.6) is 0 Å². The zero-order valence-electron chi connectivity index (χ0n) is 4.05. The SMILES string of the molecule is NN.O=S(O)C(F)(F)F. The predicted octanol–water partition coefficient (Wildman–Crippen LogP) is -0.453. The van der Waals surface area contributed by atoms with Crippen molar-refractivity contribution in [1.29, 1.82) is 0 Å². The zero-order valence-corrected chi connectivity index (χ0v) is 4.87. The Morgan fingerprint density at radius 3 is 1.44 bits per heavy atom. The molecule has 0 aromatic rings. The van der Waals surface area contributed by atoms with Crippen molar-refractivity contribution in [2.24, 2.45) is 11.7 Å². The summed E-state index contributed by atoms with van der Waals surface area (Å²) in [7, 11) is 0. The van der Waals surface area contributed by atoms with Crippen molar-refractivity contribution >= 4 is 11.1 Å². The molecule has 8 heteroatoms. The van der Waals surface area contributed by atoms with E-state index in [1.54, 1.807) is 0 Å². The van der Waals surface area contributed by atoms with Crippen LogP contribution in [-0.2, 0) is 11.1 Å². The van der Waals surface area contributed by atoms with Gasteiger partial charge in [-0.3, -0.25) is 16.2 Å². The summed E-state index contributed by atoms with van der Waals surface area (Å²) in [6.45, 7) is 0. The number of hydrazine groups is 1. The van der Waals surface area contributed by atoms with Gasteiger partial charge < -0.3 is 0 Å². The van der Waals surface area contributed by atoms with Gasteiger partial charge in [0.2, 0.25) is 0 Å². The van der Waals surface area contributed by atoms with Gasteiger partial charge in [-0.25, -0.2) is 4.21 Å². The fraction of sp³-hybridized carbons (Fsp3) is 1.00. The van der Waals surface area contributed by atoms with Gasteiger partial charge in [-0.2, -0.15) is 13.2 Å². The monoisotopic (exact) mass is 166 g/mol. The smallest absolute Gasteiger partial charge is 0.299 e. The van der Waals surface area contributed by atoms with Gasteiger partial charge in [0.1, 0.15) is 0 Å². The highest BCUT2D eigenvalue weighted by molar-refractivity contribution is 7.80. The average molecular weight is 166 g/mol. The number of rotatable bonds is 0. The van der Waals surface area contributed by atoms with Crippen LogP contribution < -0.4 is 11.7 Å². The third-order valence-corrected chi connectivity index (χ3v) is 0.594. The molecule has 0 bridgehead atoms. The molecular weight excluding hydrogens is 161 g/mol. The lowest BCUT2D eigenvalue weighted by Gasteiger charge is -1.94. The van der Waals surface area contributed by atoms with Crippen LogP contribution >= 0.6 is 0 Å². The highest BCUT2D eigenvalue weighted by atomic mass is 32.2. The molecule has 1 unspecified atom stereocenters. The van der Waals surface area contributed by atoms with Crippen LogP contribution in [-0.4, -0.2) is 14.3 Å². The average Bonchev–Trinajstić information content (AvgIpc) is 1.69. The number of halogens is 3. The van der Waals surface area contributed by atoms with E-state index in [0.717, 1.165) is 0 Å². The van der Waals surface area contributed by atoms with Crippen LogP contribution in [0.4, 0.5) is 13.2 Å². The first kappa shape index (κ1) is 11.6. The summed E-state index contributed by atoms with van der Waals surface area (Å²) >= 11 is -3.68. The van der Waals surface area contributed by atoms with Gasteiger partial charge in [-0.1, -0.05) is 0 Å². The zero-order chi connectivity index (χ0) is 8.08. The minimum absolute atomic E-state index is 3.68. The van der Waals surface area contributed by atoms with Gasteiger partial charge in [-0.15, -0.1) is 0 Å². The summed E-state index contributed by atoms with van der Waals surface area (Å²) in [5.74, 6) is 8.00. The molecule has 0 aromatic heterocycles. The Bertz CT molecular complexity index is 92.3. The molecule has 0 saturated carbocycles. The molecule has 9 heavy (non-hydrogen) atoms. The van der Waals surface area contributed by atoms with Gasteiger partial charge >= 0.3 is 5.51 Å². The molecule has 0 radical (unpaired) electrons. The predicted molar refractivity (Wildman–Crippen MR) is 25.2 cm³/mol. The molecule has 0 fully saturated rings. The highest BCUT2D eigenvalue weighted by Gasteiger charge is 2.35.